The molecule has 5 nitrogen and oxygen atoms in total. The van der Waals surface area contributed by atoms with Gasteiger partial charge in [0.05, 0.1) is 24.7 Å². The fraction of sp³-hybridized carbons (Fsp3) is 0.684. The predicted octanol–water partition coefficient (Wildman–Crippen LogP) is 2.14. The average molecular weight is 366 g/mol. The van der Waals surface area contributed by atoms with Crippen molar-refractivity contribution in [2.45, 2.75) is 44.7 Å². The second-order valence-corrected chi connectivity index (χ2v) is 7.30. The number of halogens is 2. The topological polar surface area (TPSA) is 48.5 Å². The minimum atomic E-state index is -2.26. The van der Waals surface area contributed by atoms with Crippen molar-refractivity contribution in [1.29, 1.82) is 0 Å². The molecule has 1 aromatic rings. The van der Waals surface area contributed by atoms with E-state index < -0.39 is 6.43 Å². The summed E-state index contributed by atoms with van der Waals surface area (Å²) in [7, 11) is 0. The Labute approximate surface area is 153 Å². The van der Waals surface area contributed by atoms with Crippen LogP contribution in [0.1, 0.15) is 31.4 Å². The van der Waals surface area contributed by atoms with Crippen LogP contribution in [-0.4, -0.2) is 65.9 Å². The van der Waals surface area contributed by atoms with Crippen molar-refractivity contribution in [2.24, 2.45) is 5.92 Å². The molecule has 3 rings (SSSR count). The number of carbonyl (C=O) groups excluding carboxylic acids is 1. The maximum absolute atomic E-state index is 12.5. The number of aromatic nitrogens is 1. The van der Waals surface area contributed by atoms with Crippen molar-refractivity contribution in [3.05, 3.63) is 30.1 Å². The van der Waals surface area contributed by atoms with Crippen LogP contribution < -0.4 is 5.32 Å². The van der Waals surface area contributed by atoms with Gasteiger partial charge in [0.1, 0.15) is 0 Å². The van der Waals surface area contributed by atoms with E-state index in [1.807, 2.05) is 23.1 Å². The maximum atomic E-state index is 12.5. The van der Waals surface area contributed by atoms with Crippen molar-refractivity contribution in [3.63, 3.8) is 0 Å². The summed E-state index contributed by atoms with van der Waals surface area (Å²) in [5, 5.41) is 3.00. The van der Waals surface area contributed by atoms with Gasteiger partial charge in [-0.05, 0) is 57.5 Å². The fourth-order valence-corrected chi connectivity index (χ4v) is 4.04. The van der Waals surface area contributed by atoms with Crippen LogP contribution in [0.3, 0.4) is 0 Å². The number of likely N-dealkylation sites (tertiary alicyclic amines) is 2. The van der Waals surface area contributed by atoms with Crippen molar-refractivity contribution in [1.82, 2.24) is 20.1 Å². The summed E-state index contributed by atoms with van der Waals surface area (Å²) in [5.74, 6) is 0.0991. The summed E-state index contributed by atoms with van der Waals surface area (Å²) in [6, 6.07) is 6.09. The Kier molecular flexibility index (Phi) is 6.91. The van der Waals surface area contributed by atoms with Gasteiger partial charge in [-0.2, -0.15) is 0 Å². The van der Waals surface area contributed by atoms with Crippen LogP contribution in [0.2, 0.25) is 0 Å². The summed E-state index contributed by atoms with van der Waals surface area (Å²) in [6.45, 7) is 3.56. The highest BCUT2D eigenvalue weighted by Crippen LogP contribution is 2.24. The van der Waals surface area contributed by atoms with Crippen LogP contribution in [0.5, 0.6) is 0 Å². The van der Waals surface area contributed by atoms with Crippen LogP contribution in [0.25, 0.3) is 0 Å². The van der Waals surface area contributed by atoms with Crippen LogP contribution in [0.4, 0.5) is 8.78 Å². The normalized spacial score (nSPS) is 23.3. The number of piperidine rings is 2. The van der Waals surface area contributed by atoms with Crippen LogP contribution in [0.15, 0.2) is 24.4 Å². The molecule has 1 atom stereocenters. The van der Waals surface area contributed by atoms with E-state index in [9.17, 15) is 13.6 Å². The molecule has 2 aliphatic rings. The minimum absolute atomic E-state index is 0.00607. The molecule has 1 aromatic heterocycles. The summed E-state index contributed by atoms with van der Waals surface area (Å²) >= 11 is 0. The second kappa shape index (κ2) is 9.37. The van der Waals surface area contributed by atoms with Crippen molar-refractivity contribution >= 4 is 5.91 Å². The summed E-state index contributed by atoms with van der Waals surface area (Å²) in [6.07, 6.45) is 3.22. The van der Waals surface area contributed by atoms with Crippen LogP contribution >= 0.6 is 0 Å². The lowest BCUT2D eigenvalue weighted by Gasteiger charge is -2.42. The Hall–Kier alpha value is -1.60. The number of hydrogen-bond donors (Lipinski definition) is 1. The quantitative estimate of drug-likeness (QED) is 0.838. The third kappa shape index (κ3) is 5.45. The van der Waals surface area contributed by atoms with Crippen molar-refractivity contribution < 1.29 is 13.6 Å². The first-order valence-electron chi connectivity index (χ1n) is 9.54. The van der Waals surface area contributed by atoms with Crippen molar-refractivity contribution in [2.75, 3.05) is 32.7 Å². The highest BCUT2D eigenvalue weighted by molar-refractivity contribution is 5.78. The monoisotopic (exact) mass is 366 g/mol. The van der Waals surface area contributed by atoms with E-state index >= 15 is 0 Å². The Morgan fingerprint density at radius 2 is 2.04 bits per heavy atom. The van der Waals surface area contributed by atoms with Gasteiger partial charge < -0.3 is 5.32 Å². The summed E-state index contributed by atoms with van der Waals surface area (Å²) in [5.41, 5.74) is 0.861. The van der Waals surface area contributed by atoms with Gasteiger partial charge in [-0.1, -0.05) is 6.07 Å². The Morgan fingerprint density at radius 3 is 2.73 bits per heavy atom. The number of alkyl halides is 2. The van der Waals surface area contributed by atoms with Gasteiger partial charge in [-0.25, -0.2) is 8.78 Å². The summed E-state index contributed by atoms with van der Waals surface area (Å²) < 4.78 is 25.0. The standard InChI is InChI=1S/C19H28F2N4O/c20-18(21)14-24-10-6-17(7-11-24)25-9-3-4-15(13-25)19(26)23-12-16-5-1-2-8-22-16/h1-2,5,8,15,17-18H,3-4,6-7,9-14H2,(H,23,26)/t15-/m1/s1. The van der Waals surface area contributed by atoms with Gasteiger partial charge in [0, 0.05) is 18.8 Å². The Morgan fingerprint density at radius 1 is 1.23 bits per heavy atom. The molecule has 7 heteroatoms. The Balaban J connectivity index is 1.44. The zero-order valence-corrected chi connectivity index (χ0v) is 15.1. The molecule has 144 valence electrons. The second-order valence-electron chi connectivity index (χ2n) is 7.30. The number of hydrogen-bond acceptors (Lipinski definition) is 4. The number of nitrogens with one attached hydrogen (secondary N) is 1. The third-order valence-corrected chi connectivity index (χ3v) is 5.46. The lowest BCUT2D eigenvalue weighted by atomic mass is 9.93. The van der Waals surface area contributed by atoms with Crippen molar-refractivity contribution in [3.8, 4) is 0 Å². The fourth-order valence-electron chi connectivity index (χ4n) is 4.04. The van der Waals surface area contributed by atoms with Crippen LogP contribution in [-0.2, 0) is 11.3 Å². The first-order valence-corrected chi connectivity index (χ1v) is 9.54. The molecule has 26 heavy (non-hydrogen) atoms. The number of amides is 1. The average Bonchev–Trinajstić information content (AvgIpc) is 2.67. The predicted molar refractivity (Wildman–Crippen MR) is 95.8 cm³/mol. The highest BCUT2D eigenvalue weighted by Gasteiger charge is 2.31. The number of carbonyl (C=O) groups is 1. The van der Waals surface area contributed by atoms with E-state index in [-0.39, 0.29) is 18.4 Å². The van der Waals surface area contributed by atoms with E-state index in [4.69, 9.17) is 0 Å². The largest absolute Gasteiger partial charge is 0.350 e. The zero-order valence-electron chi connectivity index (χ0n) is 15.1. The molecule has 0 aliphatic carbocycles. The zero-order chi connectivity index (χ0) is 18.4. The molecule has 0 spiro atoms. The molecule has 0 saturated carbocycles. The van der Waals surface area contributed by atoms with Gasteiger partial charge >= 0.3 is 0 Å². The first kappa shape index (κ1) is 19.2. The molecule has 0 radical (unpaired) electrons. The SMILES string of the molecule is O=C(NCc1ccccn1)[C@@H]1CCCN(C2CCN(CC(F)F)CC2)C1. The number of pyridine rings is 1. The van der Waals surface area contributed by atoms with Crippen LogP contribution in [0, 0.1) is 5.92 Å². The van der Waals surface area contributed by atoms with E-state index in [0.717, 1.165) is 57.6 Å². The van der Waals surface area contributed by atoms with Gasteiger partial charge in [0.25, 0.3) is 6.43 Å². The molecular weight excluding hydrogens is 338 g/mol. The third-order valence-electron chi connectivity index (χ3n) is 5.46. The van der Waals surface area contributed by atoms with E-state index in [2.05, 4.69) is 15.2 Å². The first-order chi connectivity index (χ1) is 12.6. The summed E-state index contributed by atoms with van der Waals surface area (Å²) in [4.78, 5) is 21.0. The molecule has 0 bridgehead atoms. The van der Waals surface area contributed by atoms with E-state index in [0.29, 0.717) is 12.6 Å². The van der Waals surface area contributed by atoms with E-state index in [1.165, 1.54) is 0 Å². The van der Waals surface area contributed by atoms with Gasteiger partial charge in [0.15, 0.2) is 0 Å². The number of nitrogens with zero attached hydrogens (tertiary/aromatic N) is 3. The Bertz CT molecular complexity index is 564. The molecule has 2 fully saturated rings. The molecule has 1 amide bonds. The highest BCUT2D eigenvalue weighted by atomic mass is 19.3. The molecule has 0 aromatic carbocycles. The van der Waals surface area contributed by atoms with E-state index in [1.54, 1.807) is 6.20 Å². The maximum Gasteiger partial charge on any atom is 0.251 e. The molecular formula is C19H28F2N4O. The molecule has 1 N–H and O–H groups in total. The minimum Gasteiger partial charge on any atom is -0.350 e. The molecule has 2 saturated heterocycles. The van der Waals surface area contributed by atoms with Gasteiger partial charge in [-0.15, -0.1) is 0 Å². The smallest absolute Gasteiger partial charge is 0.251 e. The molecule has 0 unspecified atom stereocenters. The molecule has 2 aliphatic heterocycles. The molecule has 3 heterocycles. The lowest BCUT2D eigenvalue weighted by molar-refractivity contribution is -0.127. The lowest BCUT2D eigenvalue weighted by Crippen LogP contribution is -2.51. The van der Waals surface area contributed by atoms with Gasteiger partial charge in [-0.3, -0.25) is 19.6 Å². The number of rotatable bonds is 6. The van der Waals surface area contributed by atoms with Gasteiger partial charge in [0.2, 0.25) is 5.91 Å².